The van der Waals surface area contributed by atoms with E-state index >= 15 is 0 Å². The highest BCUT2D eigenvalue weighted by Crippen LogP contribution is 2.29. The number of nitrogens with zero attached hydrogens (tertiary/aromatic N) is 1. The van der Waals surface area contributed by atoms with Crippen LogP contribution in [0.4, 0.5) is 4.39 Å². The molecule has 1 aliphatic heterocycles. The summed E-state index contributed by atoms with van der Waals surface area (Å²) in [6.45, 7) is 9.33. The van der Waals surface area contributed by atoms with Crippen LogP contribution >= 0.6 is 0 Å². The Hall–Kier alpha value is -0.110. The second-order valence-corrected chi connectivity index (χ2v) is 3.71. The van der Waals surface area contributed by atoms with Crippen LogP contribution in [0.1, 0.15) is 34.1 Å². The SMILES string of the molecule is CC.C[C@H]1CCN(C)C[C@]1(C)F. The summed E-state index contributed by atoms with van der Waals surface area (Å²) in [6, 6.07) is 0. The first kappa shape index (κ1) is 11.9. The van der Waals surface area contributed by atoms with Crippen molar-refractivity contribution in [2.45, 2.75) is 39.8 Å². The molecule has 0 aromatic carbocycles. The van der Waals surface area contributed by atoms with Crippen molar-refractivity contribution in [3.8, 4) is 0 Å². The molecule has 1 aliphatic rings. The summed E-state index contributed by atoms with van der Waals surface area (Å²) < 4.78 is 13.5. The predicted octanol–water partition coefficient (Wildman–Crippen LogP) is 2.71. The fourth-order valence-corrected chi connectivity index (χ4v) is 1.48. The highest BCUT2D eigenvalue weighted by atomic mass is 19.1. The summed E-state index contributed by atoms with van der Waals surface area (Å²) >= 11 is 0. The van der Waals surface area contributed by atoms with Crippen molar-refractivity contribution in [3.63, 3.8) is 0 Å². The van der Waals surface area contributed by atoms with Gasteiger partial charge in [-0.05, 0) is 32.9 Å². The van der Waals surface area contributed by atoms with Gasteiger partial charge in [0, 0.05) is 6.54 Å². The van der Waals surface area contributed by atoms with Gasteiger partial charge in [-0.1, -0.05) is 20.8 Å². The van der Waals surface area contributed by atoms with Crippen LogP contribution in [0.15, 0.2) is 0 Å². The molecule has 2 atom stereocenters. The largest absolute Gasteiger partial charge is 0.303 e. The van der Waals surface area contributed by atoms with Crippen molar-refractivity contribution in [3.05, 3.63) is 0 Å². The van der Waals surface area contributed by atoms with Gasteiger partial charge in [0.2, 0.25) is 0 Å². The van der Waals surface area contributed by atoms with Gasteiger partial charge in [-0.15, -0.1) is 0 Å². The number of hydrogen-bond acceptors (Lipinski definition) is 1. The van der Waals surface area contributed by atoms with Gasteiger partial charge < -0.3 is 4.90 Å². The lowest BCUT2D eigenvalue weighted by Gasteiger charge is -2.37. The van der Waals surface area contributed by atoms with Crippen molar-refractivity contribution in [2.75, 3.05) is 20.1 Å². The minimum absolute atomic E-state index is 0.226. The van der Waals surface area contributed by atoms with E-state index < -0.39 is 5.67 Å². The Bertz CT molecular complexity index is 123. The maximum atomic E-state index is 13.5. The first-order chi connectivity index (χ1) is 5.52. The normalized spacial score (nSPS) is 37.0. The third-order valence-electron chi connectivity index (χ3n) is 2.55. The van der Waals surface area contributed by atoms with Crippen molar-refractivity contribution < 1.29 is 4.39 Å². The fourth-order valence-electron chi connectivity index (χ4n) is 1.48. The third kappa shape index (κ3) is 3.10. The van der Waals surface area contributed by atoms with E-state index in [2.05, 4.69) is 4.90 Å². The number of rotatable bonds is 0. The summed E-state index contributed by atoms with van der Waals surface area (Å²) in [5, 5.41) is 0. The van der Waals surface area contributed by atoms with Crippen LogP contribution in [-0.4, -0.2) is 30.7 Å². The van der Waals surface area contributed by atoms with Crippen molar-refractivity contribution in [1.29, 1.82) is 0 Å². The summed E-state index contributed by atoms with van der Waals surface area (Å²) in [6.07, 6.45) is 0.990. The molecular formula is C10H22FN. The van der Waals surface area contributed by atoms with Gasteiger partial charge in [0.25, 0.3) is 0 Å². The summed E-state index contributed by atoms with van der Waals surface area (Å²) in [4.78, 5) is 2.06. The molecule has 0 N–H and O–H groups in total. The molecule has 0 spiro atoms. The van der Waals surface area contributed by atoms with E-state index in [9.17, 15) is 4.39 Å². The second kappa shape index (κ2) is 4.80. The zero-order chi connectivity index (χ0) is 9.78. The van der Waals surface area contributed by atoms with E-state index in [1.54, 1.807) is 6.92 Å². The Balaban J connectivity index is 0.000000561. The lowest BCUT2D eigenvalue weighted by atomic mass is 9.86. The molecule has 0 amide bonds. The zero-order valence-corrected chi connectivity index (χ0v) is 9.02. The first-order valence-corrected chi connectivity index (χ1v) is 4.90. The molecule has 0 radical (unpaired) electrons. The molecule has 0 aliphatic carbocycles. The summed E-state index contributed by atoms with van der Waals surface area (Å²) in [5.74, 6) is 0.226. The quantitative estimate of drug-likeness (QED) is 0.547. The molecule has 0 aromatic rings. The molecule has 1 saturated heterocycles. The van der Waals surface area contributed by atoms with Gasteiger partial charge in [0.1, 0.15) is 5.67 Å². The molecule has 0 unspecified atom stereocenters. The van der Waals surface area contributed by atoms with Crippen molar-refractivity contribution in [1.82, 2.24) is 4.90 Å². The number of hydrogen-bond donors (Lipinski definition) is 0. The highest BCUT2D eigenvalue weighted by Gasteiger charge is 2.35. The number of piperidine rings is 1. The van der Waals surface area contributed by atoms with Crippen LogP contribution in [0, 0.1) is 5.92 Å². The minimum Gasteiger partial charge on any atom is -0.303 e. The van der Waals surface area contributed by atoms with Crippen LogP contribution in [0.5, 0.6) is 0 Å². The van der Waals surface area contributed by atoms with Gasteiger partial charge in [0.05, 0.1) is 0 Å². The average molecular weight is 175 g/mol. The monoisotopic (exact) mass is 175 g/mol. The van der Waals surface area contributed by atoms with Gasteiger partial charge in [-0.2, -0.15) is 0 Å². The Labute approximate surface area is 75.9 Å². The van der Waals surface area contributed by atoms with Crippen LogP contribution in [-0.2, 0) is 0 Å². The average Bonchev–Trinajstić information content (AvgIpc) is 2.01. The molecule has 1 nitrogen and oxygen atoms in total. The topological polar surface area (TPSA) is 3.24 Å². The molecule has 12 heavy (non-hydrogen) atoms. The Morgan fingerprint density at radius 3 is 2.25 bits per heavy atom. The Morgan fingerprint density at radius 2 is 1.92 bits per heavy atom. The Morgan fingerprint density at radius 1 is 1.42 bits per heavy atom. The van der Waals surface area contributed by atoms with E-state index in [0.717, 1.165) is 13.0 Å². The zero-order valence-electron chi connectivity index (χ0n) is 9.02. The molecular weight excluding hydrogens is 153 g/mol. The van der Waals surface area contributed by atoms with Gasteiger partial charge in [-0.25, -0.2) is 4.39 Å². The lowest BCUT2D eigenvalue weighted by Crippen LogP contribution is -2.46. The van der Waals surface area contributed by atoms with Crippen molar-refractivity contribution >= 4 is 0 Å². The lowest BCUT2D eigenvalue weighted by molar-refractivity contribution is 0.0250. The minimum atomic E-state index is -0.965. The van der Waals surface area contributed by atoms with E-state index in [4.69, 9.17) is 0 Å². The van der Waals surface area contributed by atoms with E-state index in [1.807, 2.05) is 27.8 Å². The van der Waals surface area contributed by atoms with E-state index in [-0.39, 0.29) is 5.92 Å². The Kier molecular flexibility index (Phi) is 4.76. The second-order valence-electron chi connectivity index (χ2n) is 3.71. The standard InChI is InChI=1S/C8H16FN.C2H6/c1-7-4-5-10(3)6-8(7,2)9;1-2/h7H,4-6H2,1-3H3;1-2H3/t7-,8-;/m0./s1. The molecule has 0 bridgehead atoms. The number of likely N-dealkylation sites (tertiary alicyclic amines) is 1. The first-order valence-electron chi connectivity index (χ1n) is 4.90. The number of alkyl halides is 1. The fraction of sp³-hybridized carbons (Fsp3) is 1.00. The molecule has 2 heteroatoms. The molecule has 0 aromatic heterocycles. The number of halogens is 1. The smallest absolute Gasteiger partial charge is 0.123 e. The summed E-state index contributed by atoms with van der Waals surface area (Å²) in [7, 11) is 1.98. The predicted molar refractivity (Wildman–Crippen MR) is 52.1 cm³/mol. The molecule has 74 valence electrons. The summed E-state index contributed by atoms with van der Waals surface area (Å²) in [5.41, 5.74) is -0.965. The molecule has 1 fully saturated rings. The third-order valence-corrected chi connectivity index (χ3v) is 2.55. The van der Waals surface area contributed by atoms with Gasteiger partial charge >= 0.3 is 0 Å². The van der Waals surface area contributed by atoms with Gasteiger partial charge in [-0.3, -0.25) is 0 Å². The molecule has 0 saturated carbocycles. The van der Waals surface area contributed by atoms with Crippen LogP contribution in [0.2, 0.25) is 0 Å². The molecule has 1 heterocycles. The van der Waals surface area contributed by atoms with Crippen LogP contribution < -0.4 is 0 Å². The van der Waals surface area contributed by atoms with E-state index in [1.165, 1.54) is 0 Å². The van der Waals surface area contributed by atoms with Gasteiger partial charge in [0.15, 0.2) is 0 Å². The van der Waals surface area contributed by atoms with Crippen LogP contribution in [0.3, 0.4) is 0 Å². The maximum absolute atomic E-state index is 13.5. The highest BCUT2D eigenvalue weighted by molar-refractivity contribution is 4.87. The van der Waals surface area contributed by atoms with E-state index in [0.29, 0.717) is 6.54 Å². The van der Waals surface area contributed by atoms with Crippen LogP contribution in [0.25, 0.3) is 0 Å². The molecule has 1 rings (SSSR count). The maximum Gasteiger partial charge on any atom is 0.123 e. The van der Waals surface area contributed by atoms with Crippen molar-refractivity contribution in [2.24, 2.45) is 5.92 Å².